The SMILES string of the molecule is c1ccc(-c2cccc(-n3c4ccccc4c4c5c(ccc43)[Si]3(c4ccccc4-5)c4ccccc4N(c4cc(-c5ccccc5)cc(-c5ccccc5)n4)c4ccccc43)c2)cc1. The molecule has 0 amide bonds. The van der Waals surface area contributed by atoms with E-state index in [0.717, 1.165) is 33.9 Å². The van der Waals surface area contributed by atoms with Crippen molar-refractivity contribution in [2.75, 3.05) is 4.90 Å². The summed E-state index contributed by atoms with van der Waals surface area (Å²) in [6.45, 7) is 0. The average Bonchev–Trinajstić information content (AvgIpc) is 3.86. The molecule has 9 aromatic carbocycles. The third-order valence-electron chi connectivity index (χ3n) is 13.4. The van der Waals surface area contributed by atoms with Crippen molar-refractivity contribution in [3.05, 3.63) is 237 Å². The van der Waals surface area contributed by atoms with Crippen molar-refractivity contribution in [3.8, 4) is 50.3 Å². The van der Waals surface area contributed by atoms with Crippen molar-refractivity contribution in [2.24, 2.45) is 0 Å². The maximum absolute atomic E-state index is 5.52. The van der Waals surface area contributed by atoms with Crippen LogP contribution in [0.25, 0.3) is 72.1 Å². The lowest BCUT2D eigenvalue weighted by molar-refractivity contribution is 1.18. The van der Waals surface area contributed by atoms with E-state index in [0.29, 0.717) is 0 Å². The van der Waals surface area contributed by atoms with E-state index in [1.165, 1.54) is 76.2 Å². The fourth-order valence-electron chi connectivity index (χ4n) is 10.8. The molecule has 0 atom stereocenters. The molecule has 0 radical (unpaired) electrons. The van der Waals surface area contributed by atoms with Gasteiger partial charge < -0.3 is 4.57 Å². The lowest BCUT2D eigenvalue weighted by atomic mass is 9.99. The molecular formula is C59H39N3Si. The molecule has 2 aliphatic heterocycles. The van der Waals surface area contributed by atoms with Crippen LogP contribution >= 0.6 is 0 Å². The Balaban J connectivity index is 1.09. The Kier molecular flexibility index (Phi) is 7.93. The number of nitrogens with zero attached hydrogens (tertiary/aromatic N) is 3. The van der Waals surface area contributed by atoms with Crippen LogP contribution in [0.3, 0.4) is 0 Å². The molecule has 4 heterocycles. The highest BCUT2D eigenvalue weighted by Gasteiger charge is 2.54. The van der Waals surface area contributed by atoms with Crippen LogP contribution in [-0.4, -0.2) is 17.6 Å². The summed E-state index contributed by atoms with van der Waals surface area (Å²) in [7, 11) is -2.94. The van der Waals surface area contributed by atoms with Crippen molar-refractivity contribution in [1.82, 2.24) is 9.55 Å². The second kappa shape index (κ2) is 14.0. The fourth-order valence-corrected chi connectivity index (χ4v) is 16.3. The van der Waals surface area contributed by atoms with Gasteiger partial charge in [-0.15, -0.1) is 0 Å². The molecule has 0 saturated heterocycles. The molecule has 1 spiro atoms. The molecule has 63 heavy (non-hydrogen) atoms. The Bertz CT molecular complexity index is 3470. The summed E-state index contributed by atoms with van der Waals surface area (Å²) in [5, 5.41) is 8.21. The minimum absolute atomic E-state index is 0.904. The topological polar surface area (TPSA) is 21.1 Å². The number of hydrogen-bond acceptors (Lipinski definition) is 2. The highest BCUT2D eigenvalue weighted by atomic mass is 28.3. The highest BCUT2D eigenvalue weighted by molar-refractivity contribution is 7.23. The lowest BCUT2D eigenvalue weighted by Crippen LogP contribution is -2.75. The van der Waals surface area contributed by atoms with Crippen molar-refractivity contribution in [2.45, 2.75) is 0 Å². The van der Waals surface area contributed by atoms with Gasteiger partial charge in [0.15, 0.2) is 8.07 Å². The van der Waals surface area contributed by atoms with Gasteiger partial charge in [-0.1, -0.05) is 188 Å². The van der Waals surface area contributed by atoms with Crippen LogP contribution in [0.5, 0.6) is 0 Å². The zero-order valence-corrected chi connectivity index (χ0v) is 35.4. The van der Waals surface area contributed by atoms with Crippen LogP contribution < -0.4 is 25.6 Å². The van der Waals surface area contributed by atoms with Gasteiger partial charge in [0.1, 0.15) is 5.82 Å². The summed E-state index contributed by atoms with van der Waals surface area (Å²) in [4.78, 5) is 7.96. The van der Waals surface area contributed by atoms with E-state index < -0.39 is 8.07 Å². The number of aromatic nitrogens is 2. The van der Waals surface area contributed by atoms with Crippen LogP contribution in [0.4, 0.5) is 17.2 Å². The second-order valence-electron chi connectivity index (χ2n) is 16.6. The minimum atomic E-state index is -2.94. The van der Waals surface area contributed by atoms with Crippen molar-refractivity contribution in [3.63, 3.8) is 0 Å². The number of pyridine rings is 1. The van der Waals surface area contributed by atoms with Gasteiger partial charge in [-0.25, -0.2) is 4.98 Å². The smallest absolute Gasteiger partial charge is 0.185 e. The number of para-hydroxylation sites is 3. The average molecular weight is 818 g/mol. The molecule has 0 bridgehead atoms. The number of anilines is 3. The first kappa shape index (κ1) is 35.7. The highest BCUT2D eigenvalue weighted by Crippen LogP contribution is 2.46. The summed E-state index contributed by atoms with van der Waals surface area (Å²) in [6.07, 6.45) is 0. The van der Waals surface area contributed by atoms with Gasteiger partial charge in [0.05, 0.1) is 16.7 Å². The minimum Gasteiger partial charge on any atom is -0.309 e. The summed E-state index contributed by atoms with van der Waals surface area (Å²) in [5.74, 6) is 0.904. The van der Waals surface area contributed by atoms with Gasteiger partial charge >= 0.3 is 0 Å². The summed E-state index contributed by atoms with van der Waals surface area (Å²) >= 11 is 0. The number of benzene rings is 9. The summed E-state index contributed by atoms with van der Waals surface area (Å²) in [6, 6.07) is 87.0. The molecule has 0 unspecified atom stereocenters. The number of hydrogen-bond donors (Lipinski definition) is 0. The molecular weight excluding hydrogens is 779 g/mol. The molecule has 2 aliphatic rings. The summed E-state index contributed by atoms with van der Waals surface area (Å²) < 4.78 is 2.48. The van der Waals surface area contributed by atoms with Crippen LogP contribution in [0, 0.1) is 0 Å². The van der Waals surface area contributed by atoms with Crippen LogP contribution in [0.2, 0.25) is 0 Å². The summed E-state index contributed by atoms with van der Waals surface area (Å²) in [5.41, 5.74) is 15.4. The van der Waals surface area contributed by atoms with Gasteiger partial charge in [0, 0.05) is 33.4 Å². The first-order chi connectivity index (χ1) is 31.3. The maximum Gasteiger partial charge on any atom is 0.185 e. The van der Waals surface area contributed by atoms with Gasteiger partial charge in [0.25, 0.3) is 0 Å². The van der Waals surface area contributed by atoms with E-state index in [2.05, 4.69) is 246 Å². The van der Waals surface area contributed by atoms with E-state index >= 15 is 0 Å². The quantitative estimate of drug-likeness (QED) is 0.161. The van der Waals surface area contributed by atoms with Crippen LogP contribution in [0.1, 0.15) is 0 Å². The van der Waals surface area contributed by atoms with Crippen LogP contribution in [0.15, 0.2) is 237 Å². The second-order valence-corrected chi connectivity index (χ2v) is 20.3. The maximum atomic E-state index is 5.52. The fraction of sp³-hybridized carbons (Fsp3) is 0. The zero-order valence-electron chi connectivity index (χ0n) is 34.4. The Morgan fingerprint density at radius 2 is 0.937 bits per heavy atom. The Morgan fingerprint density at radius 3 is 1.65 bits per heavy atom. The van der Waals surface area contributed by atoms with Gasteiger partial charge in [-0.05, 0) is 103 Å². The molecule has 0 fully saturated rings. The molecule has 3 nitrogen and oxygen atoms in total. The van der Waals surface area contributed by atoms with Gasteiger partial charge in [0.2, 0.25) is 0 Å². The van der Waals surface area contributed by atoms with E-state index in [-0.39, 0.29) is 0 Å². The normalized spacial score (nSPS) is 13.2. The van der Waals surface area contributed by atoms with Crippen LogP contribution in [-0.2, 0) is 0 Å². The third kappa shape index (κ3) is 5.22. The van der Waals surface area contributed by atoms with Gasteiger partial charge in [-0.3, -0.25) is 4.90 Å². The third-order valence-corrected chi connectivity index (χ3v) is 18.3. The van der Waals surface area contributed by atoms with E-state index in [1.807, 2.05) is 0 Å². The van der Waals surface area contributed by atoms with E-state index in [4.69, 9.17) is 4.98 Å². The van der Waals surface area contributed by atoms with Gasteiger partial charge in [-0.2, -0.15) is 0 Å². The number of fused-ring (bicyclic) bond motifs is 13. The van der Waals surface area contributed by atoms with Crippen molar-refractivity contribution < 1.29 is 0 Å². The largest absolute Gasteiger partial charge is 0.309 e. The Labute approximate surface area is 367 Å². The molecule has 4 heteroatoms. The standard InChI is InChI=1S/C59H39N3Si/c1-4-19-40(20-5-1)43-25-18-26-45(37-43)61-49-29-12-10-27-46(49)58-52(61)35-36-56-59(58)47-28-11-15-32-53(47)63(56)54-33-16-13-30-50(54)62(51-31-14-17-34-55(51)63)57-39-44(41-21-6-2-7-22-41)38-48(60-57)42-23-8-3-9-24-42/h1-39H. The first-order valence-electron chi connectivity index (χ1n) is 21.7. The molecule has 0 N–H and O–H groups in total. The van der Waals surface area contributed by atoms with Crippen molar-refractivity contribution >= 4 is 67.8 Å². The van der Waals surface area contributed by atoms with E-state index in [1.54, 1.807) is 0 Å². The molecule has 0 saturated carbocycles. The Morgan fingerprint density at radius 1 is 0.365 bits per heavy atom. The monoisotopic (exact) mass is 817 g/mol. The first-order valence-corrected chi connectivity index (χ1v) is 23.7. The van der Waals surface area contributed by atoms with Crippen molar-refractivity contribution in [1.29, 1.82) is 0 Å². The molecule has 294 valence electrons. The molecule has 2 aromatic heterocycles. The Hall–Kier alpha value is -8.05. The molecule has 13 rings (SSSR count). The lowest BCUT2D eigenvalue weighted by Gasteiger charge is -2.43. The molecule has 11 aromatic rings. The predicted octanol–water partition coefficient (Wildman–Crippen LogP) is 12.3. The number of rotatable bonds is 5. The zero-order chi connectivity index (χ0) is 41.5. The molecule has 0 aliphatic carbocycles. The predicted molar refractivity (Wildman–Crippen MR) is 266 cm³/mol. The van der Waals surface area contributed by atoms with E-state index in [9.17, 15) is 0 Å².